The molecule has 0 aliphatic rings. The van der Waals surface area contributed by atoms with Crippen molar-refractivity contribution in [2.75, 3.05) is 0 Å². The molecule has 0 bridgehead atoms. The minimum absolute atomic E-state index is 0.496. The molecule has 0 N–H and O–H groups in total. The molecule has 0 radical (unpaired) electrons. The summed E-state index contributed by atoms with van der Waals surface area (Å²) in [6.45, 7) is 2.71. The summed E-state index contributed by atoms with van der Waals surface area (Å²) < 4.78 is 4.93. The van der Waals surface area contributed by atoms with E-state index in [-0.39, 0.29) is 0 Å². The predicted octanol–water partition coefficient (Wildman–Crippen LogP) is 3.73. The zero-order valence-electron chi connectivity index (χ0n) is 9.95. The van der Waals surface area contributed by atoms with E-state index in [2.05, 4.69) is 6.92 Å². The van der Waals surface area contributed by atoms with Crippen molar-refractivity contribution in [3.05, 3.63) is 29.8 Å². The highest BCUT2D eigenvalue weighted by atomic mass is 16.5. The third kappa shape index (κ3) is 4.47. The number of hydrogen-bond donors (Lipinski definition) is 0. The van der Waals surface area contributed by atoms with Crippen LogP contribution in [0.4, 0.5) is 0 Å². The monoisotopic (exact) mass is 220 g/mol. The van der Waals surface area contributed by atoms with E-state index in [1.165, 1.54) is 32.1 Å². The molecule has 0 saturated heterocycles. The quantitative estimate of drug-likeness (QED) is 0.493. The minimum Gasteiger partial charge on any atom is -0.428 e. The van der Waals surface area contributed by atoms with Gasteiger partial charge in [-0.25, -0.2) is 0 Å². The van der Waals surface area contributed by atoms with Crippen molar-refractivity contribution in [1.82, 2.24) is 0 Å². The predicted molar refractivity (Wildman–Crippen MR) is 65.6 cm³/mol. The van der Waals surface area contributed by atoms with Crippen LogP contribution in [-0.2, 0) is 11.2 Å². The molecule has 0 spiro atoms. The largest absolute Gasteiger partial charge is 0.428 e. The fourth-order valence-electron chi connectivity index (χ4n) is 1.80. The number of aryl methyl sites for hydroxylation is 1. The number of ether oxygens (including phenoxy) is 1. The molecule has 2 heteroatoms. The van der Waals surface area contributed by atoms with Gasteiger partial charge in [0.1, 0.15) is 5.75 Å². The highest BCUT2D eigenvalue weighted by Crippen LogP contribution is 2.20. The molecular weight excluding hydrogens is 200 g/mol. The molecule has 1 rings (SSSR count). The van der Waals surface area contributed by atoms with Gasteiger partial charge in [-0.1, -0.05) is 50.8 Å². The summed E-state index contributed by atoms with van der Waals surface area (Å²) in [7, 11) is 0. The summed E-state index contributed by atoms with van der Waals surface area (Å²) in [6.07, 6.45) is 7.29. The number of unbranched alkanes of at least 4 members (excludes halogenated alkanes) is 4. The van der Waals surface area contributed by atoms with Crippen molar-refractivity contribution in [1.29, 1.82) is 0 Å². The molecular formula is C14H20O2. The van der Waals surface area contributed by atoms with Crippen LogP contribution < -0.4 is 4.74 Å². The Labute approximate surface area is 97.6 Å². The smallest absolute Gasteiger partial charge is 0.298 e. The lowest BCUT2D eigenvalue weighted by atomic mass is 10.0. The first-order valence-corrected chi connectivity index (χ1v) is 6.06. The van der Waals surface area contributed by atoms with E-state index in [1.54, 1.807) is 0 Å². The Morgan fingerprint density at radius 2 is 1.88 bits per heavy atom. The lowest BCUT2D eigenvalue weighted by molar-refractivity contribution is -0.120. The molecule has 0 saturated carbocycles. The fraction of sp³-hybridized carbons (Fsp3) is 0.500. The van der Waals surface area contributed by atoms with Gasteiger partial charge in [0.05, 0.1) is 0 Å². The number of carbonyl (C=O) groups excluding carboxylic acids is 1. The van der Waals surface area contributed by atoms with Gasteiger partial charge in [0.25, 0.3) is 6.47 Å². The number of carbonyl (C=O) groups is 1. The summed E-state index contributed by atoms with van der Waals surface area (Å²) in [4.78, 5) is 10.3. The van der Waals surface area contributed by atoms with Crippen molar-refractivity contribution >= 4 is 6.47 Å². The normalized spacial score (nSPS) is 10.1. The fourth-order valence-corrected chi connectivity index (χ4v) is 1.80. The maximum atomic E-state index is 10.3. The van der Waals surface area contributed by atoms with Gasteiger partial charge >= 0.3 is 0 Å². The third-order valence-electron chi connectivity index (χ3n) is 2.70. The maximum Gasteiger partial charge on any atom is 0.298 e. The van der Waals surface area contributed by atoms with E-state index in [0.717, 1.165) is 12.0 Å². The van der Waals surface area contributed by atoms with Crippen LogP contribution in [0.5, 0.6) is 5.75 Å². The molecule has 1 aromatic rings. The van der Waals surface area contributed by atoms with E-state index in [1.807, 2.05) is 24.3 Å². The van der Waals surface area contributed by atoms with Crippen LogP contribution in [0.1, 0.15) is 44.6 Å². The van der Waals surface area contributed by atoms with Gasteiger partial charge < -0.3 is 4.74 Å². The first-order chi connectivity index (χ1) is 7.88. The Hall–Kier alpha value is -1.31. The van der Waals surface area contributed by atoms with Crippen molar-refractivity contribution in [2.24, 2.45) is 0 Å². The van der Waals surface area contributed by atoms with E-state index in [9.17, 15) is 4.79 Å². The van der Waals surface area contributed by atoms with Crippen LogP contribution in [0, 0.1) is 0 Å². The van der Waals surface area contributed by atoms with Crippen LogP contribution in [0.25, 0.3) is 0 Å². The SMILES string of the molecule is CCCCCCCc1ccccc1OC=O. The molecule has 0 atom stereocenters. The van der Waals surface area contributed by atoms with Gasteiger partial charge in [-0.3, -0.25) is 4.79 Å². The topological polar surface area (TPSA) is 26.3 Å². The molecule has 2 nitrogen and oxygen atoms in total. The molecule has 0 aliphatic heterocycles. The minimum atomic E-state index is 0.496. The lowest BCUT2D eigenvalue weighted by Crippen LogP contribution is -1.95. The molecule has 16 heavy (non-hydrogen) atoms. The van der Waals surface area contributed by atoms with Crippen molar-refractivity contribution < 1.29 is 9.53 Å². The van der Waals surface area contributed by atoms with Crippen LogP contribution in [0.2, 0.25) is 0 Å². The van der Waals surface area contributed by atoms with E-state index < -0.39 is 0 Å². The van der Waals surface area contributed by atoms with E-state index >= 15 is 0 Å². The zero-order chi connectivity index (χ0) is 11.6. The number of hydrogen-bond acceptors (Lipinski definition) is 2. The first-order valence-electron chi connectivity index (χ1n) is 6.06. The van der Waals surface area contributed by atoms with Crippen molar-refractivity contribution in [3.63, 3.8) is 0 Å². The van der Waals surface area contributed by atoms with Crippen LogP contribution in [-0.4, -0.2) is 6.47 Å². The summed E-state index contributed by atoms with van der Waals surface area (Å²) in [5, 5.41) is 0. The Balaban J connectivity index is 2.37. The summed E-state index contributed by atoms with van der Waals surface area (Å²) in [5.74, 6) is 0.702. The highest BCUT2D eigenvalue weighted by Gasteiger charge is 2.01. The third-order valence-corrected chi connectivity index (χ3v) is 2.70. The van der Waals surface area contributed by atoms with Crippen LogP contribution in [0.15, 0.2) is 24.3 Å². The Kier molecular flexibility index (Phi) is 6.31. The molecule has 88 valence electrons. The molecule has 0 aromatic heterocycles. The summed E-state index contributed by atoms with van der Waals surface area (Å²) in [5.41, 5.74) is 1.13. The summed E-state index contributed by atoms with van der Waals surface area (Å²) >= 11 is 0. The molecule has 0 unspecified atom stereocenters. The van der Waals surface area contributed by atoms with Crippen molar-refractivity contribution in [3.8, 4) is 5.75 Å². The zero-order valence-corrected chi connectivity index (χ0v) is 9.95. The van der Waals surface area contributed by atoms with Gasteiger partial charge in [0.15, 0.2) is 0 Å². The Morgan fingerprint density at radius 3 is 2.62 bits per heavy atom. The molecule has 0 fully saturated rings. The number of rotatable bonds is 8. The van der Waals surface area contributed by atoms with E-state index in [4.69, 9.17) is 4.74 Å². The van der Waals surface area contributed by atoms with Crippen molar-refractivity contribution in [2.45, 2.75) is 45.4 Å². The molecule has 0 aliphatic carbocycles. The van der Waals surface area contributed by atoms with Crippen LogP contribution >= 0.6 is 0 Å². The van der Waals surface area contributed by atoms with Gasteiger partial charge in [-0.2, -0.15) is 0 Å². The first kappa shape index (κ1) is 12.8. The van der Waals surface area contributed by atoms with Gasteiger partial charge in [0.2, 0.25) is 0 Å². The lowest BCUT2D eigenvalue weighted by Gasteiger charge is -2.06. The van der Waals surface area contributed by atoms with Gasteiger partial charge in [-0.05, 0) is 24.5 Å². The number of benzene rings is 1. The van der Waals surface area contributed by atoms with Crippen LogP contribution in [0.3, 0.4) is 0 Å². The summed E-state index contributed by atoms with van der Waals surface area (Å²) in [6, 6.07) is 7.74. The van der Waals surface area contributed by atoms with Gasteiger partial charge in [0, 0.05) is 0 Å². The second kappa shape index (κ2) is 7.91. The average molecular weight is 220 g/mol. The Morgan fingerprint density at radius 1 is 1.12 bits per heavy atom. The molecule has 0 heterocycles. The van der Waals surface area contributed by atoms with E-state index in [0.29, 0.717) is 12.2 Å². The number of para-hydroxylation sites is 1. The second-order valence-electron chi connectivity index (χ2n) is 3.99. The second-order valence-corrected chi connectivity index (χ2v) is 3.99. The van der Waals surface area contributed by atoms with Gasteiger partial charge in [-0.15, -0.1) is 0 Å². The standard InChI is InChI=1S/C14H20O2/c1-2-3-4-5-6-9-13-10-7-8-11-14(13)16-12-15/h7-8,10-12H,2-6,9H2,1H3. The Bertz CT molecular complexity index is 307. The maximum absolute atomic E-state index is 10.3. The average Bonchev–Trinajstić information content (AvgIpc) is 2.31. The molecule has 1 aromatic carbocycles. The molecule has 0 amide bonds. The highest BCUT2D eigenvalue weighted by molar-refractivity contribution is 5.47.